The maximum Gasteiger partial charge on any atom is 0.409 e. The molecule has 0 saturated carbocycles. The van der Waals surface area contributed by atoms with E-state index in [0.717, 1.165) is 13.0 Å². The van der Waals surface area contributed by atoms with Gasteiger partial charge in [-0.15, -0.1) is 0 Å². The Bertz CT molecular complexity index is 240. The molecular formula is C15H30N2O2. The summed E-state index contributed by atoms with van der Waals surface area (Å²) in [6.45, 7) is 6.96. The molecule has 0 aliphatic carbocycles. The second-order valence-electron chi connectivity index (χ2n) is 5.44. The van der Waals surface area contributed by atoms with Crippen molar-refractivity contribution in [1.29, 1.82) is 0 Å². The predicted molar refractivity (Wildman–Crippen MR) is 78.4 cm³/mol. The summed E-state index contributed by atoms with van der Waals surface area (Å²) in [7, 11) is 1.81. The molecule has 112 valence electrons. The minimum Gasteiger partial charge on any atom is -0.450 e. The van der Waals surface area contributed by atoms with Gasteiger partial charge in [0.15, 0.2) is 0 Å². The molecule has 1 aliphatic rings. The number of nitrogens with zero attached hydrogens (tertiary/aromatic N) is 2. The van der Waals surface area contributed by atoms with E-state index in [-0.39, 0.29) is 6.09 Å². The van der Waals surface area contributed by atoms with Crippen LogP contribution in [-0.2, 0) is 4.74 Å². The van der Waals surface area contributed by atoms with Crippen LogP contribution in [0.25, 0.3) is 0 Å². The first-order chi connectivity index (χ1) is 9.24. The second kappa shape index (κ2) is 10.1. The normalized spacial score (nSPS) is 16.3. The molecular weight excluding hydrogens is 240 g/mol. The summed E-state index contributed by atoms with van der Waals surface area (Å²) in [6, 6.07) is 0. The molecule has 1 fully saturated rings. The quantitative estimate of drug-likeness (QED) is 0.635. The van der Waals surface area contributed by atoms with Gasteiger partial charge in [-0.1, -0.05) is 19.3 Å². The SMILES string of the molecule is CCOC(=O)N(C)CCCCCCN1CCCCC1. The summed E-state index contributed by atoms with van der Waals surface area (Å²) in [6.07, 6.45) is 8.82. The first-order valence-corrected chi connectivity index (χ1v) is 7.84. The van der Waals surface area contributed by atoms with Crippen LogP contribution in [0.3, 0.4) is 0 Å². The highest BCUT2D eigenvalue weighted by Gasteiger charge is 2.09. The van der Waals surface area contributed by atoms with Crippen LogP contribution in [0.1, 0.15) is 51.9 Å². The lowest BCUT2D eigenvalue weighted by Crippen LogP contribution is -2.30. The molecule has 0 bridgehead atoms. The van der Waals surface area contributed by atoms with Crippen molar-refractivity contribution < 1.29 is 9.53 Å². The Morgan fingerprint density at radius 2 is 1.79 bits per heavy atom. The van der Waals surface area contributed by atoms with Crippen LogP contribution in [0.15, 0.2) is 0 Å². The average molecular weight is 270 g/mol. The van der Waals surface area contributed by atoms with Crippen LogP contribution in [0.4, 0.5) is 4.79 Å². The summed E-state index contributed by atoms with van der Waals surface area (Å²) in [5.74, 6) is 0. The Morgan fingerprint density at radius 1 is 1.11 bits per heavy atom. The lowest BCUT2D eigenvalue weighted by molar-refractivity contribution is 0.115. The molecule has 4 nitrogen and oxygen atoms in total. The fraction of sp³-hybridized carbons (Fsp3) is 0.933. The molecule has 1 amide bonds. The Kier molecular flexibility index (Phi) is 8.63. The Balaban J connectivity index is 1.91. The Hall–Kier alpha value is -0.770. The maximum atomic E-state index is 11.4. The van der Waals surface area contributed by atoms with E-state index in [9.17, 15) is 4.79 Å². The molecule has 0 aromatic carbocycles. The van der Waals surface area contributed by atoms with Gasteiger partial charge in [-0.3, -0.25) is 0 Å². The highest BCUT2D eigenvalue weighted by Crippen LogP contribution is 2.10. The lowest BCUT2D eigenvalue weighted by Gasteiger charge is -2.26. The fourth-order valence-corrected chi connectivity index (χ4v) is 2.55. The van der Waals surface area contributed by atoms with Gasteiger partial charge >= 0.3 is 6.09 Å². The molecule has 0 spiro atoms. The second-order valence-corrected chi connectivity index (χ2v) is 5.44. The zero-order chi connectivity index (χ0) is 13.9. The third kappa shape index (κ3) is 7.41. The third-order valence-corrected chi connectivity index (χ3v) is 3.75. The van der Waals surface area contributed by atoms with Crippen molar-refractivity contribution in [3.8, 4) is 0 Å². The van der Waals surface area contributed by atoms with E-state index in [2.05, 4.69) is 4.90 Å². The molecule has 0 atom stereocenters. The molecule has 1 aliphatic heterocycles. The summed E-state index contributed by atoms with van der Waals surface area (Å²) in [5.41, 5.74) is 0. The van der Waals surface area contributed by atoms with Crippen molar-refractivity contribution >= 4 is 6.09 Å². The van der Waals surface area contributed by atoms with Gasteiger partial charge in [0.25, 0.3) is 0 Å². The van der Waals surface area contributed by atoms with E-state index in [1.807, 2.05) is 14.0 Å². The van der Waals surface area contributed by atoms with Gasteiger partial charge in [-0.05, 0) is 52.2 Å². The molecule has 1 saturated heterocycles. The van der Waals surface area contributed by atoms with Crippen molar-refractivity contribution in [2.75, 3.05) is 39.8 Å². The molecule has 0 radical (unpaired) electrons. The predicted octanol–water partition coefficient (Wildman–Crippen LogP) is 3.12. The topological polar surface area (TPSA) is 32.8 Å². The van der Waals surface area contributed by atoms with Gasteiger partial charge in [0.1, 0.15) is 0 Å². The standard InChI is InChI=1S/C15H30N2O2/c1-3-19-15(18)16(2)11-7-4-5-8-12-17-13-9-6-10-14-17/h3-14H2,1-2H3. The number of ether oxygens (including phenoxy) is 1. The third-order valence-electron chi connectivity index (χ3n) is 3.75. The van der Waals surface area contributed by atoms with Gasteiger partial charge < -0.3 is 14.5 Å². The van der Waals surface area contributed by atoms with Gasteiger partial charge in [-0.2, -0.15) is 0 Å². The molecule has 0 N–H and O–H groups in total. The zero-order valence-corrected chi connectivity index (χ0v) is 12.7. The maximum absolute atomic E-state index is 11.4. The van der Waals surface area contributed by atoms with E-state index in [1.54, 1.807) is 4.90 Å². The molecule has 19 heavy (non-hydrogen) atoms. The number of piperidine rings is 1. The van der Waals surface area contributed by atoms with Gasteiger partial charge in [0.2, 0.25) is 0 Å². The Labute approximate surface area is 118 Å². The average Bonchev–Trinajstić information content (AvgIpc) is 2.43. The number of rotatable bonds is 8. The van der Waals surface area contributed by atoms with Crippen molar-refractivity contribution in [3.63, 3.8) is 0 Å². The minimum atomic E-state index is -0.198. The van der Waals surface area contributed by atoms with E-state index >= 15 is 0 Å². The number of amides is 1. The minimum absolute atomic E-state index is 0.198. The fourth-order valence-electron chi connectivity index (χ4n) is 2.55. The van der Waals surface area contributed by atoms with Gasteiger partial charge in [0.05, 0.1) is 6.61 Å². The number of carbonyl (C=O) groups excluding carboxylic acids is 1. The number of carbonyl (C=O) groups is 1. The van der Waals surface area contributed by atoms with E-state index < -0.39 is 0 Å². The number of hydrogen-bond acceptors (Lipinski definition) is 3. The lowest BCUT2D eigenvalue weighted by atomic mass is 10.1. The van der Waals surface area contributed by atoms with E-state index in [0.29, 0.717) is 6.61 Å². The van der Waals surface area contributed by atoms with Crippen LogP contribution < -0.4 is 0 Å². The monoisotopic (exact) mass is 270 g/mol. The van der Waals surface area contributed by atoms with E-state index in [1.165, 1.54) is 58.2 Å². The van der Waals surface area contributed by atoms with Crippen LogP contribution >= 0.6 is 0 Å². The molecule has 0 unspecified atom stereocenters. The van der Waals surface area contributed by atoms with Gasteiger partial charge in [0, 0.05) is 13.6 Å². The highest BCUT2D eigenvalue weighted by molar-refractivity contribution is 5.67. The summed E-state index contributed by atoms with van der Waals surface area (Å²) in [5, 5.41) is 0. The summed E-state index contributed by atoms with van der Waals surface area (Å²) >= 11 is 0. The Morgan fingerprint density at radius 3 is 2.47 bits per heavy atom. The van der Waals surface area contributed by atoms with Crippen LogP contribution in [0.2, 0.25) is 0 Å². The molecule has 4 heteroatoms. The number of likely N-dealkylation sites (tertiary alicyclic amines) is 1. The molecule has 1 rings (SSSR count). The van der Waals surface area contributed by atoms with E-state index in [4.69, 9.17) is 4.74 Å². The molecule has 0 aromatic heterocycles. The van der Waals surface area contributed by atoms with Crippen LogP contribution in [0, 0.1) is 0 Å². The van der Waals surface area contributed by atoms with Crippen LogP contribution in [0.5, 0.6) is 0 Å². The number of hydrogen-bond donors (Lipinski definition) is 0. The number of unbranched alkanes of at least 4 members (excludes halogenated alkanes) is 3. The zero-order valence-electron chi connectivity index (χ0n) is 12.7. The highest BCUT2D eigenvalue weighted by atomic mass is 16.5. The van der Waals surface area contributed by atoms with Gasteiger partial charge in [-0.25, -0.2) is 4.79 Å². The van der Waals surface area contributed by atoms with Crippen molar-refractivity contribution in [2.24, 2.45) is 0 Å². The largest absolute Gasteiger partial charge is 0.450 e. The first kappa shape index (κ1) is 16.3. The molecule has 1 heterocycles. The molecule has 0 aromatic rings. The smallest absolute Gasteiger partial charge is 0.409 e. The van der Waals surface area contributed by atoms with Crippen molar-refractivity contribution in [3.05, 3.63) is 0 Å². The van der Waals surface area contributed by atoms with Crippen molar-refractivity contribution in [2.45, 2.75) is 51.9 Å². The first-order valence-electron chi connectivity index (χ1n) is 7.84. The van der Waals surface area contributed by atoms with Crippen LogP contribution in [-0.4, -0.2) is 55.7 Å². The van der Waals surface area contributed by atoms with Crippen molar-refractivity contribution in [1.82, 2.24) is 9.80 Å². The summed E-state index contributed by atoms with van der Waals surface area (Å²) < 4.78 is 4.94. The summed E-state index contributed by atoms with van der Waals surface area (Å²) in [4.78, 5) is 15.6.